The first kappa shape index (κ1) is 12.1. The van der Waals surface area contributed by atoms with Gasteiger partial charge in [-0.15, -0.1) is 0 Å². The largest absolute Gasteiger partial charge is 0.416 e. The second-order valence-electron chi connectivity index (χ2n) is 4.18. The van der Waals surface area contributed by atoms with E-state index in [1.54, 1.807) is 26.8 Å². The van der Waals surface area contributed by atoms with E-state index >= 15 is 0 Å². The van der Waals surface area contributed by atoms with Crippen molar-refractivity contribution in [2.24, 2.45) is 0 Å². The van der Waals surface area contributed by atoms with E-state index in [0.717, 1.165) is 5.56 Å². The van der Waals surface area contributed by atoms with Crippen LogP contribution < -0.4 is 0 Å². The molecule has 3 heteroatoms. The highest BCUT2D eigenvalue weighted by molar-refractivity contribution is 5.40. The Morgan fingerprint density at radius 1 is 1.00 bits per heavy atom. The summed E-state index contributed by atoms with van der Waals surface area (Å²) in [5.41, 5.74) is 1.48. The minimum atomic E-state index is -4.25. The molecule has 1 aromatic rings. The van der Waals surface area contributed by atoms with Crippen LogP contribution >= 0.6 is 0 Å². The van der Waals surface area contributed by atoms with Gasteiger partial charge in [-0.05, 0) is 42.5 Å². The molecule has 0 bridgehead atoms. The number of rotatable bonds is 1. The smallest absolute Gasteiger partial charge is 0.166 e. The molecule has 15 heavy (non-hydrogen) atoms. The number of benzene rings is 1. The van der Waals surface area contributed by atoms with Gasteiger partial charge in [0.15, 0.2) is 0 Å². The quantitative estimate of drug-likeness (QED) is 0.650. The van der Waals surface area contributed by atoms with Gasteiger partial charge in [0.1, 0.15) is 0 Å². The zero-order valence-electron chi connectivity index (χ0n) is 9.37. The zero-order valence-corrected chi connectivity index (χ0v) is 9.37. The van der Waals surface area contributed by atoms with Gasteiger partial charge in [0.05, 0.1) is 5.56 Å². The summed E-state index contributed by atoms with van der Waals surface area (Å²) in [6, 6.07) is 2.88. The summed E-state index contributed by atoms with van der Waals surface area (Å²) in [6.07, 6.45) is -4.25. The van der Waals surface area contributed by atoms with Crippen molar-refractivity contribution in [2.75, 3.05) is 0 Å². The number of halogens is 3. The number of alkyl halides is 3. The fourth-order valence-electron chi connectivity index (χ4n) is 1.56. The fraction of sp³-hybridized carbons (Fsp3) is 0.500. The summed E-state index contributed by atoms with van der Waals surface area (Å²) >= 11 is 0. The van der Waals surface area contributed by atoms with Crippen molar-refractivity contribution in [3.05, 3.63) is 34.4 Å². The van der Waals surface area contributed by atoms with Crippen molar-refractivity contribution < 1.29 is 13.2 Å². The Balaban J connectivity index is 3.42. The average Bonchev–Trinajstić information content (AvgIpc) is 2.06. The predicted molar refractivity (Wildman–Crippen MR) is 55.0 cm³/mol. The van der Waals surface area contributed by atoms with E-state index < -0.39 is 11.7 Å². The molecule has 84 valence electrons. The SMILES string of the molecule is Cc1cc(C(C)C)c(C(F)(F)F)cc1C. The van der Waals surface area contributed by atoms with Crippen molar-refractivity contribution in [3.8, 4) is 0 Å². The Hall–Kier alpha value is -0.990. The van der Waals surface area contributed by atoms with Crippen molar-refractivity contribution in [2.45, 2.75) is 39.8 Å². The van der Waals surface area contributed by atoms with Crippen LogP contribution in [0.15, 0.2) is 12.1 Å². The van der Waals surface area contributed by atoms with Gasteiger partial charge in [-0.1, -0.05) is 19.9 Å². The van der Waals surface area contributed by atoms with Crippen molar-refractivity contribution in [3.63, 3.8) is 0 Å². The Morgan fingerprint density at radius 2 is 1.47 bits per heavy atom. The Bertz CT molecular complexity index is 362. The van der Waals surface area contributed by atoms with Gasteiger partial charge in [0.2, 0.25) is 0 Å². The summed E-state index contributed by atoms with van der Waals surface area (Å²) in [6.45, 7) is 7.09. The van der Waals surface area contributed by atoms with Crippen LogP contribution in [0.2, 0.25) is 0 Å². The van der Waals surface area contributed by atoms with Crippen LogP contribution in [0.3, 0.4) is 0 Å². The second-order valence-corrected chi connectivity index (χ2v) is 4.18. The normalized spacial score (nSPS) is 12.3. The van der Waals surface area contributed by atoms with E-state index in [-0.39, 0.29) is 5.92 Å². The Morgan fingerprint density at radius 3 is 1.87 bits per heavy atom. The molecule has 0 aliphatic heterocycles. The summed E-state index contributed by atoms with van der Waals surface area (Å²) < 4.78 is 38.2. The lowest BCUT2D eigenvalue weighted by Crippen LogP contribution is -2.11. The van der Waals surface area contributed by atoms with E-state index in [9.17, 15) is 13.2 Å². The monoisotopic (exact) mass is 216 g/mol. The molecule has 0 radical (unpaired) electrons. The summed E-state index contributed by atoms with van der Waals surface area (Å²) in [5.74, 6) is -0.110. The molecule has 1 rings (SSSR count). The summed E-state index contributed by atoms with van der Waals surface area (Å²) in [5, 5.41) is 0. The molecule has 0 atom stereocenters. The lowest BCUT2D eigenvalue weighted by atomic mass is 9.92. The fourth-order valence-corrected chi connectivity index (χ4v) is 1.56. The first-order valence-corrected chi connectivity index (χ1v) is 4.92. The molecule has 0 aliphatic rings. The van der Waals surface area contributed by atoms with E-state index in [1.807, 2.05) is 6.92 Å². The van der Waals surface area contributed by atoms with Crippen LogP contribution in [0, 0.1) is 13.8 Å². The van der Waals surface area contributed by atoms with Gasteiger partial charge in [0, 0.05) is 0 Å². The molecule has 0 aliphatic carbocycles. The maximum absolute atomic E-state index is 12.7. The number of aryl methyl sites for hydroxylation is 2. The molecule has 0 spiro atoms. The molecule has 1 aromatic carbocycles. The predicted octanol–water partition coefficient (Wildman–Crippen LogP) is 4.45. The molecule has 0 amide bonds. The molecule has 0 saturated carbocycles. The van der Waals surface area contributed by atoms with Crippen molar-refractivity contribution in [1.82, 2.24) is 0 Å². The van der Waals surface area contributed by atoms with E-state index in [4.69, 9.17) is 0 Å². The van der Waals surface area contributed by atoms with Crippen LogP contribution in [0.4, 0.5) is 13.2 Å². The van der Waals surface area contributed by atoms with E-state index in [2.05, 4.69) is 0 Å². The van der Waals surface area contributed by atoms with Crippen molar-refractivity contribution in [1.29, 1.82) is 0 Å². The van der Waals surface area contributed by atoms with Gasteiger partial charge >= 0.3 is 6.18 Å². The minimum Gasteiger partial charge on any atom is -0.166 e. The van der Waals surface area contributed by atoms with Crippen LogP contribution in [0.1, 0.15) is 42.0 Å². The van der Waals surface area contributed by atoms with Crippen LogP contribution in [0.25, 0.3) is 0 Å². The zero-order chi connectivity index (χ0) is 11.8. The van der Waals surface area contributed by atoms with E-state index in [1.165, 1.54) is 6.07 Å². The van der Waals surface area contributed by atoms with Crippen LogP contribution in [0.5, 0.6) is 0 Å². The molecule has 0 aromatic heterocycles. The maximum Gasteiger partial charge on any atom is 0.416 e. The second kappa shape index (κ2) is 3.87. The molecule has 0 N–H and O–H groups in total. The lowest BCUT2D eigenvalue weighted by molar-refractivity contribution is -0.138. The van der Waals surface area contributed by atoms with Gasteiger partial charge < -0.3 is 0 Å². The summed E-state index contributed by atoms with van der Waals surface area (Å²) in [7, 11) is 0. The molecule has 0 unspecified atom stereocenters. The average molecular weight is 216 g/mol. The topological polar surface area (TPSA) is 0 Å². The molecule has 0 heterocycles. The number of hydrogen-bond acceptors (Lipinski definition) is 0. The third kappa shape index (κ3) is 2.52. The highest BCUT2D eigenvalue weighted by Gasteiger charge is 2.34. The van der Waals surface area contributed by atoms with Gasteiger partial charge in [-0.25, -0.2) is 0 Å². The standard InChI is InChI=1S/C12H15F3/c1-7(2)10-5-8(3)9(4)6-11(10)12(13,14)15/h5-7H,1-4H3. The first-order valence-electron chi connectivity index (χ1n) is 4.92. The number of hydrogen-bond donors (Lipinski definition) is 0. The van der Waals surface area contributed by atoms with Crippen LogP contribution in [-0.4, -0.2) is 0 Å². The molecular weight excluding hydrogens is 201 g/mol. The van der Waals surface area contributed by atoms with Crippen LogP contribution in [-0.2, 0) is 6.18 Å². The Kier molecular flexibility index (Phi) is 3.12. The molecule has 0 fully saturated rings. The Labute approximate surface area is 88.1 Å². The highest BCUT2D eigenvalue weighted by Crippen LogP contribution is 2.36. The molecule has 0 saturated heterocycles. The van der Waals surface area contributed by atoms with Gasteiger partial charge in [-0.3, -0.25) is 0 Å². The van der Waals surface area contributed by atoms with Gasteiger partial charge in [0.25, 0.3) is 0 Å². The maximum atomic E-state index is 12.7. The summed E-state index contributed by atoms with van der Waals surface area (Å²) in [4.78, 5) is 0. The first-order chi connectivity index (χ1) is 6.73. The van der Waals surface area contributed by atoms with Gasteiger partial charge in [-0.2, -0.15) is 13.2 Å². The lowest BCUT2D eigenvalue weighted by Gasteiger charge is -2.17. The minimum absolute atomic E-state index is 0.110. The van der Waals surface area contributed by atoms with E-state index in [0.29, 0.717) is 11.1 Å². The third-order valence-electron chi connectivity index (χ3n) is 2.59. The van der Waals surface area contributed by atoms with Crippen molar-refractivity contribution >= 4 is 0 Å². The highest BCUT2D eigenvalue weighted by atomic mass is 19.4. The third-order valence-corrected chi connectivity index (χ3v) is 2.59. The molecule has 0 nitrogen and oxygen atoms in total. The molecular formula is C12H15F3.